The number of anilines is 2. The van der Waals surface area contributed by atoms with E-state index in [0.29, 0.717) is 17.4 Å². The molecular weight excluding hydrogens is 274 g/mol. The average Bonchev–Trinajstić information content (AvgIpc) is 2.99. The van der Waals surface area contributed by atoms with Crippen LogP contribution in [0.3, 0.4) is 0 Å². The van der Waals surface area contributed by atoms with Crippen molar-refractivity contribution in [2.45, 2.75) is 26.3 Å². The number of aromatic nitrogens is 2. The first-order chi connectivity index (χ1) is 10.7. The molecule has 1 saturated heterocycles. The SMILES string of the molecule is Cc1nnc(N2CCC(Nc3ccccc3)C2)c(C#N)c1C. The number of nitrogens with zero attached hydrogens (tertiary/aromatic N) is 4. The number of aryl methyl sites for hydroxylation is 1. The van der Waals surface area contributed by atoms with Gasteiger partial charge in [-0.1, -0.05) is 18.2 Å². The molecule has 0 radical (unpaired) electrons. The summed E-state index contributed by atoms with van der Waals surface area (Å²) in [6.45, 7) is 5.54. The lowest BCUT2D eigenvalue weighted by Crippen LogP contribution is -2.27. The fraction of sp³-hybridized carbons (Fsp3) is 0.353. The van der Waals surface area contributed by atoms with E-state index in [-0.39, 0.29) is 0 Å². The number of para-hydroxylation sites is 1. The van der Waals surface area contributed by atoms with Gasteiger partial charge in [0.2, 0.25) is 0 Å². The maximum Gasteiger partial charge on any atom is 0.169 e. The van der Waals surface area contributed by atoms with Crippen molar-refractivity contribution in [1.29, 1.82) is 5.26 Å². The van der Waals surface area contributed by atoms with Crippen molar-refractivity contribution in [2.24, 2.45) is 0 Å². The van der Waals surface area contributed by atoms with Gasteiger partial charge >= 0.3 is 0 Å². The monoisotopic (exact) mass is 293 g/mol. The van der Waals surface area contributed by atoms with Crippen molar-refractivity contribution in [1.82, 2.24) is 10.2 Å². The van der Waals surface area contributed by atoms with Crippen LogP contribution >= 0.6 is 0 Å². The normalized spacial score (nSPS) is 17.3. The Labute approximate surface area is 130 Å². The van der Waals surface area contributed by atoms with Crippen LogP contribution in [0.15, 0.2) is 30.3 Å². The molecule has 1 atom stereocenters. The van der Waals surface area contributed by atoms with Gasteiger partial charge in [0.15, 0.2) is 5.82 Å². The Kier molecular flexibility index (Phi) is 3.92. The van der Waals surface area contributed by atoms with Gasteiger partial charge in [-0.05, 0) is 38.0 Å². The highest BCUT2D eigenvalue weighted by atomic mass is 15.3. The predicted molar refractivity (Wildman–Crippen MR) is 86.9 cm³/mol. The molecule has 0 saturated carbocycles. The molecule has 0 bridgehead atoms. The third-order valence-electron chi connectivity index (χ3n) is 4.18. The summed E-state index contributed by atoms with van der Waals surface area (Å²) in [5.41, 5.74) is 3.51. The van der Waals surface area contributed by atoms with Gasteiger partial charge < -0.3 is 10.2 Å². The third kappa shape index (κ3) is 2.73. The molecule has 0 amide bonds. The number of nitriles is 1. The minimum Gasteiger partial charge on any atom is -0.380 e. The van der Waals surface area contributed by atoms with Gasteiger partial charge in [0.25, 0.3) is 0 Å². The zero-order valence-electron chi connectivity index (χ0n) is 12.9. The van der Waals surface area contributed by atoms with Crippen LogP contribution in [0, 0.1) is 25.2 Å². The molecular formula is C17H19N5. The molecule has 1 aliphatic rings. The van der Waals surface area contributed by atoms with Gasteiger partial charge in [-0.25, -0.2) is 0 Å². The highest BCUT2D eigenvalue weighted by Gasteiger charge is 2.26. The lowest BCUT2D eigenvalue weighted by atomic mass is 10.1. The maximum atomic E-state index is 9.43. The highest BCUT2D eigenvalue weighted by molar-refractivity contribution is 5.58. The molecule has 1 aliphatic heterocycles. The first-order valence-electron chi connectivity index (χ1n) is 7.49. The van der Waals surface area contributed by atoms with Crippen molar-refractivity contribution in [3.8, 4) is 6.07 Å². The molecule has 1 aromatic heterocycles. The topological polar surface area (TPSA) is 64.8 Å². The molecule has 1 aromatic carbocycles. The number of nitrogens with one attached hydrogen (secondary N) is 1. The zero-order valence-corrected chi connectivity index (χ0v) is 12.9. The number of rotatable bonds is 3. The van der Waals surface area contributed by atoms with E-state index in [4.69, 9.17) is 0 Å². The van der Waals surface area contributed by atoms with E-state index in [2.05, 4.69) is 38.6 Å². The van der Waals surface area contributed by atoms with Crippen LogP contribution in [0.4, 0.5) is 11.5 Å². The predicted octanol–water partition coefficient (Wildman–Crippen LogP) is 2.66. The highest BCUT2D eigenvalue weighted by Crippen LogP contribution is 2.25. The second-order valence-electron chi connectivity index (χ2n) is 5.66. The Bertz CT molecular complexity index is 705. The molecule has 1 unspecified atom stereocenters. The average molecular weight is 293 g/mol. The van der Waals surface area contributed by atoms with Gasteiger partial charge in [0.05, 0.1) is 5.69 Å². The van der Waals surface area contributed by atoms with Crippen molar-refractivity contribution in [3.63, 3.8) is 0 Å². The summed E-state index contributed by atoms with van der Waals surface area (Å²) in [6, 6.07) is 12.8. The number of hydrogen-bond donors (Lipinski definition) is 1. The lowest BCUT2D eigenvalue weighted by molar-refractivity contribution is 0.803. The second kappa shape index (κ2) is 6.02. The summed E-state index contributed by atoms with van der Waals surface area (Å²) in [4.78, 5) is 2.15. The molecule has 5 nitrogen and oxygen atoms in total. The summed E-state index contributed by atoms with van der Waals surface area (Å²) in [6.07, 6.45) is 1.02. The Hall–Kier alpha value is -2.61. The summed E-state index contributed by atoms with van der Waals surface area (Å²) in [7, 11) is 0. The van der Waals surface area contributed by atoms with E-state index < -0.39 is 0 Å². The molecule has 0 aliphatic carbocycles. The van der Waals surface area contributed by atoms with Crippen LogP contribution in [0.25, 0.3) is 0 Å². The van der Waals surface area contributed by atoms with Crippen molar-refractivity contribution < 1.29 is 0 Å². The Morgan fingerprint density at radius 1 is 1.23 bits per heavy atom. The van der Waals surface area contributed by atoms with E-state index in [9.17, 15) is 5.26 Å². The van der Waals surface area contributed by atoms with E-state index in [1.807, 2.05) is 32.0 Å². The molecule has 5 heteroatoms. The standard InChI is InChI=1S/C17H19N5/c1-12-13(2)20-21-17(16(12)10-18)22-9-8-15(11-22)19-14-6-4-3-5-7-14/h3-7,15,19H,8-9,11H2,1-2H3. The van der Waals surface area contributed by atoms with Crippen LogP contribution in [0.2, 0.25) is 0 Å². The quantitative estimate of drug-likeness (QED) is 0.942. The Morgan fingerprint density at radius 2 is 2.00 bits per heavy atom. The first kappa shape index (κ1) is 14.3. The second-order valence-corrected chi connectivity index (χ2v) is 5.66. The Balaban J connectivity index is 1.76. The van der Waals surface area contributed by atoms with Crippen LogP contribution in [0.1, 0.15) is 23.2 Å². The molecule has 2 aromatic rings. The maximum absolute atomic E-state index is 9.43. The summed E-state index contributed by atoms with van der Waals surface area (Å²) in [5.74, 6) is 0.711. The van der Waals surface area contributed by atoms with Crippen LogP contribution < -0.4 is 10.2 Å². The van der Waals surface area contributed by atoms with Gasteiger partial charge in [-0.2, -0.15) is 10.4 Å². The molecule has 2 heterocycles. The van der Waals surface area contributed by atoms with Crippen molar-refractivity contribution >= 4 is 11.5 Å². The molecule has 0 spiro atoms. The summed E-state index contributed by atoms with van der Waals surface area (Å²) >= 11 is 0. The van der Waals surface area contributed by atoms with Crippen LogP contribution in [0.5, 0.6) is 0 Å². The van der Waals surface area contributed by atoms with Crippen LogP contribution in [-0.2, 0) is 0 Å². The molecule has 22 heavy (non-hydrogen) atoms. The third-order valence-corrected chi connectivity index (χ3v) is 4.18. The minimum absolute atomic E-state index is 0.359. The number of hydrogen-bond acceptors (Lipinski definition) is 5. The zero-order chi connectivity index (χ0) is 15.5. The van der Waals surface area contributed by atoms with E-state index in [1.54, 1.807) is 0 Å². The van der Waals surface area contributed by atoms with Gasteiger partial charge in [-0.3, -0.25) is 0 Å². The largest absolute Gasteiger partial charge is 0.380 e. The summed E-state index contributed by atoms with van der Waals surface area (Å²) < 4.78 is 0. The van der Waals surface area contributed by atoms with Gasteiger partial charge in [0.1, 0.15) is 11.6 Å². The fourth-order valence-corrected chi connectivity index (χ4v) is 2.79. The molecule has 1 fully saturated rings. The van der Waals surface area contributed by atoms with E-state index >= 15 is 0 Å². The van der Waals surface area contributed by atoms with E-state index in [0.717, 1.165) is 36.5 Å². The van der Waals surface area contributed by atoms with Gasteiger partial charge in [0, 0.05) is 24.8 Å². The smallest absolute Gasteiger partial charge is 0.169 e. The van der Waals surface area contributed by atoms with E-state index in [1.165, 1.54) is 0 Å². The van der Waals surface area contributed by atoms with Crippen molar-refractivity contribution in [2.75, 3.05) is 23.3 Å². The molecule has 1 N–H and O–H groups in total. The molecule has 3 rings (SSSR count). The van der Waals surface area contributed by atoms with Crippen molar-refractivity contribution in [3.05, 3.63) is 47.2 Å². The van der Waals surface area contributed by atoms with Crippen LogP contribution in [-0.4, -0.2) is 29.3 Å². The summed E-state index contributed by atoms with van der Waals surface area (Å²) in [5, 5.41) is 21.4. The fourth-order valence-electron chi connectivity index (χ4n) is 2.79. The van der Waals surface area contributed by atoms with Gasteiger partial charge in [-0.15, -0.1) is 5.10 Å². The minimum atomic E-state index is 0.359. The Morgan fingerprint density at radius 3 is 2.73 bits per heavy atom. The lowest BCUT2D eigenvalue weighted by Gasteiger charge is -2.20. The molecule has 112 valence electrons. The number of benzene rings is 1. The first-order valence-corrected chi connectivity index (χ1v) is 7.49.